The SMILES string of the molecule is CC(C)=CCOc1ccc(-c2c(C)cc(-c3ccc(OS(C)(=O)=O)cc3)c(OS(C)(=O)=O)c2C)cc1OS(C)(=O)=O. The predicted molar refractivity (Wildman–Crippen MR) is 158 cm³/mol. The van der Waals surface area contributed by atoms with E-state index in [1.165, 1.54) is 18.2 Å². The van der Waals surface area contributed by atoms with Crippen LogP contribution in [-0.2, 0) is 30.4 Å². The zero-order valence-corrected chi connectivity index (χ0v) is 26.2. The van der Waals surface area contributed by atoms with Gasteiger partial charge in [0.25, 0.3) is 0 Å². The van der Waals surface area contributed by atoms with E-state index in [-0.39, 0.29) is 29.6 Å². The summed E-state index contributed by atoms with van der Waals surface area (Å²) in [5.41, 5.74) is 4.33. The molecule has 0 aliphatic rings. The number of rotatable bonds is 11. The second kappa shape index (κ2) is 12.1. The van der Waals surface area contributed by atoms with Crippen molar-refractivity contribution >= 4 is 30.4 Å². The van der Waals surface area contributed by atoms with Crippen LogP contribution in [0.3, 0.4) is 0 Å². The summed E-state index contributed by atoms with van der Waals surface area (Å²) in [5, 5.41) is 0. The first-order chi connectivity index (χ1) is 18.8. The molecule has 0 aliphatic carbocycles. The van der Waals surface area contributed by atoms with E-state index in [9.17, 15) is 25.3 Å². The molecule has 0 unspecified atom stereocenters. The fourth-order valence-corrected chi connectivity index (χ4v) is 5.49. The van der Waals surface area contributed by atoms with Crippen molar-refractivity contribution in [2.45, 2.75) is 27.7 Å². The summed E-state index contributed by atoms with van der Waals surface area (Å²) >= 11 is 0. The summed E-state index contributed by atoms with van der Waals surface area (Å²) in [6.07, 6.45) is 4.61. The van der Waals surface area contributed by atoms with Crippen LogP contribution >= 0.6 is 0 Å². The summed E-state index contributed by atoms with van der Waals surface area (Å²) in [6.45, 7) is 7.51. The van der Waals surface area contributed by atoms with Gasteiger partial charge in [-0.3, -0.25) is 0 Å². The van der Waals surface area contributed by atoms with Crippen molar-refractivity contribution in [2.24, 2.45) is 0 Å². The molecule has 3 aromatic carbocycles. The van der Waals surface area contributed by atoms with Gasteiger partial charge in [0, 0.05) is 11.1 Å². The highest BCUT2D eigenvalue weighted by molar-refractivity contribution is 7.86. The average molecular weight is 625 g/mol. The van der Waals surface area contributed by atoms with Crippen molar-refractivity contribution in [1.82, 2.24) is 0 Å². The molecule has 0 aromatic heterocycles. The van der Waals surface area contributed by atoms with Gasteiger partial charge in [0.05, 0.1) is 18.8 Å². The van der Waals surface area contributed by atoms with Gasteiger partial charge in [-0.15, -0.1) is 0 Å². The lowest BCUT2D eigenvalue weighted by Gasteiger charge is -2.20. The molecule has 10 nitrogen and oxygen atoms in total. The van der Waals surface area contributed by atoms with Gasteiger partial charge in [-0.25, -0.2) is 0 Å². The second-order valence-corrected chi connectivity index (χ2v) is 14.4. The highest BCUT2D eigenvalue weighted by Gasteiger charge is 2.22. The van der Waals surface area contributed by atoms with Crippen LogP contribution in [-0.4, -0.2) is 50.6 Å². The first-order valence-corrected chi connectivity index (χ1v) is 17.6. The molecule has 222 valence electrons. The number of allylic oxidation sites excluding steroid dienone is 1. The lowest BCUT2D eigenvalue weighted by atomic mass is 9.90. The summed E-state index contributed by atoms with van der Waals surface area (Å²) < 4.78 is 92.8. The van der Waals surface area contributed by atoms with Crippen molar-refractivity contribution in [3.05, 3.63) is 71.3 Å². The topological polar surface area (TPSA) is 139 Å². The van der Waals surface area contributed by atoms with Crippen LogP contribution < -0.4 is 17.3 Å². The number of hydrogen-bond donors (Lipinski definition) is 0. The molecule has 0 N–H and O–H groups in total. The third-order valence-corrected chi connectivity index (χ3v) is 7.01. The minimum absolute atomic E-state index is 0.0259. The highest BCUT2D eigenvalue weighted by atomic mass is 32.2. The van der Waals surface area contributed by atoms with Crippen molar-refractivity contribution in [1.29, 1.82) is 0 Å². The Bertz CT molecular complexity index is 1800. The summed E-state index contributed by atoms with van der Waals surface area (Å²) in [4.78, 5) is 0. The van der Waals surface area contributed by atoms with Gasteiger partial charge in [-0.05, 0) is 86.4 Å². The zero-order chi connectivity index (χ0) is 30.8. The Labute approximate surface area is 241 Å². The molecule has 0 spiro atoms. The molecule has 0 saturated carbocycles. The van der Waals surface area contributed by atoms with E-state index in [0.717, 1.165) is 29.9 Å². The maximum Gasteiger partial charge on any atom is 0.306 e. The number of ether oxygens (including phenoxy) is 1. The van der Waals surface area contributed by atoms with E-state index in [1.54, 1.807) is 37.3 Å². The third-order valence-electron chi connectivity index (χ3n) is 5.57. The van der Waals surface area contributed by atoms with Crippen LogP contribution in [0.15, 0.2) is 60.2 Å². The van der Waals surface area contributed by atoms with Crippen LogP contribution in [0.2, 0.25) is 0 Å². The molecule has 13 heteroatoms. The standard InChI is InChI=1S/C28H32O10S3/c1-18(2)14-15-35-25-13-10-22(17-26(25)37-40(6,31)32)27-19(3)16-24(28(20(27)4)38-41(7,33)34)21-8-11-23(12-9-21)36-39(5,29)30/h8-14,16-17H,15H2,1-7H3. The first-order valence-electron chi connectivity index (χ1n) is 12.2. The zero-order valence-electron chi connectivity index (χ0n) is 23.7. The molecule has 0 saturated heterocycles. The molecule has 0 amide bonds. The van der Waals surface area contributed by atoms with Gasteiger partial charge in [0.2, 0.25) is 0 Å². The Morgan fingerprint density at radius 2 is 1.27 bits per heavy atom. The normalized spacial score (nSPS) is 12.0. The van der Waals surface area contributed by atoms with Gasteiger partial charge >= 0.3 is 30.4 Å². The lowest BCUT2D eigenvalue weighted by Crippen LogP contribution is -2.10. The highest BCUT2D eigenvalue weighted by Crippen LogP contribution is 2.44. The summed E-state index contributed by atoms with van der Waals surface area (Å²) in [5.74, 6) is 0.339. The molecule has 0 fully saturated rings. The van der Waals surface area contributed by atoms with Crippen LogP contribution in [0.5, 0.6) is 23.0 Å². The molecule has 0 bridgehead atoms. The Morgan fingerprint density at radius 1 is 0.707 bits per heavy atom. The molecular weight excluding hydrogens is 592 g/mol. The summed E-state index contributed by atoms with van der Waals surface area (Å²) in [6, 6.07) is 12.6. The fraction of sp³-hybridized carbons (Fsp3) is 0.286. The van der Waals surface area contributed by atoms with Gasteiger partial charge in [-0.1, -0.05) is 23.8 Å². The average Bonchev–Trinajstić information content (AvgIpc) is 2.80. The van der Waals surface area contributed by atoms with E-state index in [2.05, 4.69) is 0 Å². The van der Waals surface area contributed by atoms with Crippen molar-refractivity contribution < 1.29 is 42.5 Å². The van der Waals surface area contributed by atoms with Crippen LogP contribution in [0.1, 0.15) is 25.0 Å². The molecule has 0 atom stereocenters. The number of benzene rings is 3. The van der Waals surface area contributed by atoms with E-state index >= 15 is 0 Å². The third kappa shape index (κ3) is 9.23. The lowest BCUT2D eigenvalue weighted by molar-refractivity contribution is 0.347. The molecule has 0 heterocycles. The molecule has 3 rings (SSSR count). The van der Waals surface area contributed by atoms with Crippen molar-refractivity contribution in [2.75, 3.05) is 25.4 Å². The molecule has 0 radical (unpaired) electrons. The Morgan fingerprint density at radius 3 is 1.80 bits per heavy atom. The van der Waals surface area contributed by atoms with E-state index in [1.807, 2.05) is 26.8 Å². The molecular formula is C28H32O10S3. The number of hydrogen-bond acceptors (Lipinski definition) is 10. The van der Waals surface area contributed by atoms with E-state index in [0.29, 0.717) is 27.8 Å². The van der Waals surface area contributed by atoms with Crippen LogP contribution in [0, 0.1) is 13.8 Å². The predicted octanol–water partition coefficient (Wildman–Crippen LogP) is 5.00. The number of aryl methyl sites for hydroxylation is 1. The van der Waals surface area contributed by atoms with E-state index in [4.69, 9.17) is 17.3 Å². The smallest absolute Gasteiger partial charge is 0.306 e. The second-order valence-electron chi connectivity index (χ2n) is 9.71. The van der Waals surface area contributed by atoms with Crippen LogP contribution in [0.25, 0.3) is 22.3 Å². The van der Waals surface area contributed by atoms with Gasteiger partial charge in [0.1, 0.15) is 12.4 Å². The maximum absolute atomic E-state index is 12.3. The minimum atomic E-state index is -3.96. The molecule has 3 aromatic rings. The first kappa shape index (κ1) is 32.0. The fourth-order valence-electron chi connectivity index (χ4n) is 4.06. The van der Waals surface area contributed by atoms with Gasteiger partial charge < -0.3 is 17.3 Å². The van der Waals surface area contributed by atoms with Gasteiger partial charge in [0.15, 0.2) is 17.2 Å². The summed E-state index contributed by atoms with van der Waals surface area (Å²) in [7, 11) is -11.6. The monoisotopic (exact) mass is 624 g/mol. The van der Waals surface area contributed by atoms with Crippen LogP contribution in [0.4, 0.5) is 0 Å². The molecule has 41 heavy (non-hydrogen) atoms. The molecule has 0 aliphatic heterocycles. The van der Waals surface area contributed by atoms with Crippen molar-refractivity contribution in [3.63, 3.8) is 0 Å². The minimum Gasteiger partial charge on any atom is -0.486 e. The Balaban J connectivity index is 2.20. The largest absolute Gasteiger partial charge is 0.486 e. The van der Waals surface area contributed by atoms with Gasteiger partial charge in [-0.2, -0.15) is 25.3 Å². The Hall–Kier alpha value is -3.55. The van der Waals surface area contributed by atoms with E-state index < -0.39 is 30.4 Å². The quantitative estimate of drug-likeness (QED) is 0.212. The maximum atomic E-state index is 12.3. The van der Waals surface area contributed by atoms with Crippen molar-refractivity contribution in [3.8, 4) is 45.3 Å². The Kier molecular flexibility index (Phi) is 9.46.